The normalized spacial score (nSPS) is 19.1. The summed E-state index contributed by atoms with van der Waals surface area (Å²) in [4.78, 5) is 19.7. The molecule has 7 heteroatoms. The first-order chi connectivity index (χ1) is 15.5. The van der Waals surface area contributed by atoms with Crippen molar-refractivity contribution < 1.29 is 9.53 Å². The van der Waals surface area contributed by atoms with Gasteiger partial charge in [-0.15, -0.1) is 0 Å². The van der Waals surface area contributed by atoms with E-state index in [0.717, 1.165) is 75.1 Å². The van der Waals surface area contributed by atoms with E-state index in [1.807, 2.05) is 41.3 Å². The zero-order valence-corrected chi connectivity index (χ0v) is 19.5. The van der Waals surface area contributed by atoms with E-state index in [-0.39, 0.29) is 11.8 Å². The van der Waals surface area contributed by atoms with Gasteiger partial charge in [-0.2, -0.15) is 0 Å². The number of amides is 1. The molecule has 32 heavy (non-hydrogen) atoms. The minimum Gasteiger partial charge on any atom is -0.496 e. The van der Waals surface area contributed by atoms with E-state index in [1.165, 1.54) is 5.56 Å². The predicted octanol–water partition coefficient (Wildman–Crippen LogP) is 3.24. The maximum atomic E-state index is 13.1. The standard InChI is InChI=1S/C25H33ClN4O2/c1-32-23-8-3-2-5-20(23)18-28-13-15-30(16-14-28)25(31)24(27)19-9-11-29(12-10-19)22-7-4-6-21(26)17-22/h2-8,17,19,24H,9-16,18,27H2,1H3/t24-/m1/s1. The Balaban J connectivity index is 1.25. The van der Waals surface area contributed by atoms with Gasteiger partial charge >= 0.3 is 0 Å². The maximum absolute atomic E-state index is 13.1. The zero-order chi connectivity index (χ0) is 22.5. The molecule has 0 spiro atoms. The van der Waals surface area contributed by atoms with Crippen LogP contribution in [0, 0.1) is 5.92 Å². The summed E-state index contributed by atoms with van der Waals surface area (Å²) < 4.78 is 5.47. The van der Waals surface area contributed by atoms with Gasteiger partial charge in [-0.1, -0.05) is 35.9 Å². The third kappa shape index (κ3) is 5.37. The van der Waals surface area contributed by atoms with Crippen molar-refractivity contribution in [2.75, 3.05) is 51.3 Å². The number of carbonyl (C=O) groups excluding carboxylic acids is 1. The summed E-state index contributed by atoms with van der Waals surface area (Å²) in [6, 6.07) is 15.6. The fourth-order valence-electron chi connectivity index (χ4n) is 4.80. The van der Waals surface area contributed by atoms with Gasteiger partial charge in [0.1, 0.15) is 5.75 Å². The maximum Gasteiger partial charge on any atom is 0.239 e. The van der Waals surface area contributed by atoms with Crippen LogP contribution in [0.25, 0.3) is 0 Å². The summed E-state index contributed by atoms with van der Waals surface area (Å²) in [6.45, 7) is 5.79. The highest BCUT2D eigenvalue weighted by molar-refractivity contribution is 6.30. The van der Waals surface area contributed by atoms with Crippen LogP contribution >= 0.6 is 11.6 Å². The van der Waals surface area contributed by atoms with E-state index >= 15 is 0 Å². The van der Waals surface area contributed by atoms with Crippen molar-refractivity contribution in [3.8, 4) is 5.75 Å². The highest BCUT2D eigenvalue weighted by atomic mass is 35.5. The van der Waals surface area contributed by atoms with Crippen LogP contribution in [0.1, 0.15) is 18.4 Å². The molecule has 2 heterocycles. The van der Waals surface area contributed by atoms with Gasteiger partial charge in [-0.3, -0.25) is 9.69 Å². The number of nitrogens with zero attached hydrogens (tertiary/aromatic N) is 3. The predicted molar refractivity (Wildman–Crippen MR) is 129 cm³/mol. The van der Waals surface area contributed by atoms with Crippen molar-refractivity contribution in [1.82, 2.24) is 9.80 Å². The van der Waals surface area contributed by atoms with Crippen LogP contribution in [0.5, 0.6) is 5.75 Å². The fraction of sp³-hybridized carbons (Fsp3) is 0.480. The molecule has 0 unspecified atom stereocenters. The van der Waals surface area contributed by atoms with Crippen molar-refractivity contribution in [2.45, 2.75) is 25.4 Å². The lowest BCUT2D eigenvalue weighted by atomic mass is 9.88. The molecule has 172 valence electrons. The second-order valence-electron chi connectivity index (χ2n) is 8.74. The zero-order valence-electron chi connectivity index (χ0n) is 18.8. The lowest BCUT2D eigenvalue weighted by Gasteiger charge is -2.39. The van der Waals surface area contributed by atoms with Gasteiger partial charge in [0.15, 0.2) is 0 Å². The van der Waals surface area contributed by atoms with Gasteiger partial charge in [0.2, 0.25) is 5.91 Å². The number of carbonyl (C=O) groups is 1. The molecule has 2 aliphatic heterocycles. The Hall–Kier alpha value is -2.28. The fourth-order valence-corrected chi connectivity index (χ4v) is 4.99. The van der Waals surface area contributed by atoms with Gasteiger partial charge < -0.3 is 20.3 Å². The van der Waals surface area contributed by atoms with Gasteiger partial charge in [0.25, 0.3) is 0 Å². The summed E-state index contributed by atoms with van der Waals surface area (Å²) in [7, 11) is 1.70. The average Bonchev–Trinajstić information content (AvgIpc) is 2.84. The Kier molecular flexibility index (Phi) is 7.55. The van der Waals surface area contributed by atoms with E-state index in [2.05, 4.69) is 21.9 Å². The number of para-hydroxylation sites is 1. The van der Waals surface area contributed by atoms with E-state index < -0.39 is 6.04 Å². The number of hydrogen-bond donors (Lipinski definition) is 1. The molecule has 2 saturated heterocycles. The molecule has 0 bridgehead atoms. The van der Waals surface area contributed by atoms with Crippen LogP contribution in [0.4, 0.5) is 5.69 Å². The molecular formula is C25H33ClN4O2. The number of hydrogen-bond acceptors (Lipinski definition) is 5. The lowest BCUT2D eigenvalue weighted by Crippen LogP contribution is -2.55. The lowest BCUT2D eigenvalue weighted by molar-refractivity contribution is -0.135. The third-order valence-electron chi connectivity index (χ3n) is 6.78. The highest BCUT2D eigenvalue weighted by Crippen LogP contribution is 2.27. The Morgan fingerprint density at radius 1 is 1.06 bits per heavy atom. The summed E-state index contributed by atoms with van der Waals surface area (Å²) in [5.41, 5.74) is 8.79. The van der Waals surface area contributed by atoms with Crippen LogP contribution in [-0.4, -0.2) is 68.1 Å². The molecule has 2 aromatic rings. The number of ether oxygens (including phenoxy) is 1. The molecule has 2 N–H and O–H groups in total. The number of methoxy groups -OCH3 is 1. The largest absolute Gasteiger partial charge is 0.496 e. The number of piperazine rings is 1. The number of piperidine rings is 1. The topological polar surface area (TPSA) is 62.0 Å². The van der Waals surface area contributed by atoms with Crippen molar-refractivity contribution in [2.24, 2.45) is 11.7 Å². The van der Waals surface area contributed by atoms with Gasteiger partial charge in [0.05, 0.1) is 13.2 Å². The molecule has 1 amide bonds. The Labute approximate surface area is 195 Å². The first kappa shape index (κ1) is 22.9. The summed E-state index contributed by atoms with van der Waals surface area (Å²) in [6.07, 6.45) is 1.85. The first-order valence-corrected chi connectivity index (χ1v) is 11.8. The Morgan fingerprint density at radius 2 is 1.78 bits per heavy atom. The van der Waals surface area contributed by atoms with Crippen LogP contribution < -0.4 is 15.4 Å². The third-order valence-corrected chi connectivity index (χ3v) is 7.01. The molecule has 1 atom stereocenters. The number of anilines is 1. The van der Waals surface area contributed by atoms with Crippen molar-refractivity contribution in [3.63, 3.8) is 0 Å². The SMILES string of the molecule is COc1ccccc1CN1CCN(C(=O)[C@H](N)C2CCN(c3cccc(Cl)c3)CC2)CC1. The smallest absolute Gasteiger partial charge is 0.239 e. The Bertz CT molecular complexity index is 908. The molecule has 6 nitrogen and oxygen atoms in total. The summed E-state index contributed by atoms with van der Waals surface area (Å²) in [5, 5.41) is 0.751. The molecule has 0 saturated carbocycles. The molecular weight excluding hydrogens is 424 g/mol. The van der Waals surface area contributed by atoms with Gasteiger partial charge in [-0.25, -0.2) is 0 Å². The minimum absolute atomic E-state index is 0.100. The molecule has 0 aliphatic carbocycles. The second kappa shape index (κ2) is 10.6. The van der Waals surface area contributed by atoms with E-state index in [0.29, 0.717) is 0 Å². The molecule has 0 aromatic heterocycles. The Morgan fingerprint density at radius 3 is 2.47 bits per heavy atom. The molecule has 2 aliphatic rings. The van der Waals surface area contributed by atoms with Crippen LogP contribution in [0.3, 0.4) is 0 Å². The molecule has 4 rings (SSSR count). The van der Waals surface area contributed by atoms with Crippen molar-refractivity contribution in [1.29, 1.82) is 0 Å². The minimum atomic E-state index is -0.419. The number of benzene rings is 2. The van der Waals surface area contributed by atoms with Crippen molar-refractivity contribution >= 4 is 23.2 Å². The molecule has 2 aromatic carbocycles. The molecule has 2 fully saturated rings. The average molecular weight is 457 g/mol. The summed E-state index contributed by atoms with van der Waals surface area (Å²) >= 11 is 6.13. The number of nitrogens with two attached hydrogens (primary N) is 1. The van der Waals surface area contributed by atoms with Crippen LogP contribution in [0.15, 0.2) is 48.5 Å². The quantitative estimate of drug-likeness (QED) is 0.723. The van der Waals surface area contributed by atoms with E-state index in [4.69, 9.17) is 22.1 Å². The second-order valence-corrected chi connectivity index (χ2v) is 9.18. The number of halogens is 1. The number of rotatable bonds is 6. The van der Waals surface area contributed by atoms with E-state index in [9.17, 15) is 4.79 Å². The first-order valence-electron chi connectivity index (χ1n) is 11.4. The van der Waals surface area contributed by atoms with Crippen LogP contribution in [-0.2, 0) is 11.3 Å². The van der Waals surface area contributed by atoms with E-state index in [1.54, 1.807) is 7.11 Å². The van der Waals surface area contributed by atoms with Gasteiger partial charge in [0, 0.05) is 62.1 Å². The van der Waals surface area contributed by atoms with Crippen LogP contribution in [0.2, 0.25) is 5.02 Å². The molecule has 0 radical (unpaired) electrons. The van der Waals surface area contributed by atoms with Gasteiger partial charge in [-0.05, 0) is 43.0 Å². The summed E-state index contributed by atoms with van der Waals surface area (Å²) in [5.74, 6) is 1.24. The monoisotopic (exact) mass is 456 g/mol. The highest BCUT2D eigenvalue weighted by Gasteiger charge is 2.32. The van der Waals surface area contributed by atoms with Crippen molar-refractivity contribution in [3.05, 3.63) is 59.1 Å².